The van der Waals surface area contributed by atoms with Crippen molar-refractivity contribution in [2.24, 2.45) is 11.8 Å². The monoisotopic (exact) mass is 273 g/mol. The van der Waals surface area contributed by atoms with Crippen molar-refractivity contribution in [3.63, 3.8) is 0 Å². The van der Waals surface area contributed by atoms with Gasteiger partial charge in [0, 0.05) is 19.1 Å². The number of ether oxygens (including phenoxy) is 1. The van der Waals surface area contributed by atoms with E-state index in [0.29, 0.717) is 6.04 Å². The van der Waals surface area contributed by atoms with Gasteiger partial charge >= 0.3 is 0 Å². The molecule has 1 saturated heterocycles. The van der Waals surface area contributed by atoms with E-state index in [-0.39, 0.29) is 0 Å². The Hall–Kier alpha value is -1.29. The highest BCUT2D eigenvalue weighted by Gasteiger charge is 2.41. The van der Waals surface area contributed by atoms with Gasteiger partial charge in [-0.3, -0.25) is 0 Å². The van der Waals surface area contributed by atoms with Crippen LogP contribution in [0.4, 0.5) is 11.5 Å². The van der Waals surface area contributed by atoms with Crippen LogP contribution in [0, 0.1) is 11.8 Å². The Kier molecular flexibility index (Phi) is 3.26. The lowest BCUT2D eigenvalue weighted by atomic mass is 10.1. The fraction of sp³-hybridized carbons (Fsp3) is 0.688. The first-order valence-corrected chi connectivity index (χ1v) is 7.95. The summed E-state index contributed by atoms with van der Waals surface area (Å²) in [7, 11) is 0. The lowest BCUT2D eigenvalue weighted by Gasteiger charge is -2.28. The first-order chi connectivity index (χ1) is 9.90. The van der Waals surface area contributed by atoms with Crippen molar-refractivity contribution in [3.8, 4) is 0 Å². The summed E-state index contributed by atoms with van der Waals surface area (Å²) in [5, 5.41) is 3.73. The molecule has 1 aromatic rings. The summed E-state index contributed by atoms with van der Waals surface area (Å²) < 4.78 is 5.38. The minimum absolute atomic E-state index is 0.700. The van der Waals surface area contributed by atoms with Crippen molar-refractivity contribution in [3.05, 3.63) is 18.3 Å². The van der Waals surface area contributed by atoms with Crippen LogP contribution in [0.2, 0.25) is 0 Å². The van der Waals surface area contributed by atoms with E-state index in [2.05, 4.69) is 27.3 Å². The third kappa shape index (κ3) is 2.75. The second-order valence-corrected chi connectivity index (χ2v) is 6.35. The summed E-state index contributed by atoms with van der Waals surface area (Å²) in [6.45, 7) is 3.53. The van der Waals surface area contributed by atoms with Crippen molar-refractivity contribution in [1.82, 2.24) is 4.98 Å². The first kappa shape index (κ1) is 12.5. The molecule has 4 heteroatoms. The maximum Gasteiger partial charge on any atom is 0.128 e. The van der Waals surface area contributed by atoms with E-state index in [1.807, 2.05) is 6.20 Å². The molecule has 1 aromatic heterocycles. The zero-order valence-electron chi connectivity index (χ0n) is 11.9. The number of morpholine rings is 1. The van der Waals surface area contributed by atoms with Crippen LogP contribution in [0.1, 0.15) is 25.7 Å². The van der Waals surface area contributed by atoms with Gasteiger partial charge in [0.15, 0.2) is 0 Å². The molecule has 0 radical (unpaired) electrons. The van der Waals surface area contributed by atoms with Gasteiger partial charge in [-0.1, -0.05) is 0 Å². The average Bonchev–Trinajstić information content (AvgIpc) is 3.40. The summed E-state index contributed by atoms with van der Waals surface area (Å²) in [4.78, 5) is 6.92. The molecule has 4 nitrogen and oxygen atoms in total. The van der Waals surface area contributed by atoms with Crippen LogP contribution in [0.3, 0.4) is 0 Å². The van der Waals surface area contributed by atoms with Crippen molar-refractivity contribution in [1.29, 1.82) is 0 Å². The maximum absolute atomic E-state index is 5.38. The largest absolute Gasteiger partial charge is 0.381 e. The second kappa shape index (κ2) is 5.24. The molecular formula is C16H23N3O. The number of hydrogen-bond acceptors (Lipinski definition) is 4. The lowest BCUT2D eigenvalue weighted by molar-refractivity contribution is 0.122. The van der Waals surface area contributed by atoms with Gasteiger partial charge in [0.2, 0.25) is 0 Å². The summed E-state index contributed by atoms with van der Waals surface area (Å²) in [5.74, 6) is 2.91. The van der Waals surface area contributed by atoms with Gasteiger partial charge in [-0.25, -0.2) is 4.98 Å². The molecule has 0 atom stereocenters. The molecule has 0 bridgehead atoms. The quantitative estimate of drug-likeness (QED) is 0.894. The molecular weight excluding hydrogens is 250 g/mol. The molecule has 0 amide bonds. The third-order valence-electron chi connectivity index (χ3n) is 4.68. The number of aromatic nitrogens is 1. The first-order valence-electron chi connectivity index (χ1n) is 7.95. The fourth-order valence-corrected chi connectivity index (χ4v) is 3.17. The Labute approximate surface area is 120 Å². The van der Waals surface area contributed by atoms with Gasteiger partial charge < -0.3 is 15.0 Å². The highest BCUT2D eigenvalue weighted by molar-refractivity contribution is 5.49. The zero-order valence-corrected chi connectivity index (χ0v) is 11.9. The van der Waals surface area contributed by atoms with E-state index in [9.17, 15) is 0 Å². The predicted molar refractivity (Wildman–Crippen MR) is 80.1 cm³/mol. The summed E-state index contributed by atoms with van der Waals surface area (Å²) in [6.07, 6.45) is 7.64. The van der Waals surface area contributed by atoms with E-state index < -0.39 is 0 Å². The molecule has 108 valence electrons. The molecule has 3 fully saturated rings. The maximum atomic E-state index is 5.38. The van der Waals surface area contributed by atoms with Crippen LogP contribution in [-0.2, 0) is 4.74 Å². The minimum atomic E-state index is 0.700. The molecule has 0 aromatic carbocycles. The second-order valence-electron chi connectivity index (χ2n) is 6.35. The Morgan fingerprint density at radius 3 is 2.35 bits per heavy atom. The zero-order chi connectivity index (χ0) is 13.4. The van der Waals surface area contributed by atoms with Crippen molar-refractivity contribution in [2.75, 3.05) is 36.5 Å². The van der Waals surface area contributed by atoms with Crippen molar-refractivity contribution >= 4 is 11.5 Å². The number of anilines is 2. The highest BCUT2D eigenvalue weighted by Crippen LogP contribution is 2.45. The van der Waals surface area contributed by atoms with Gasteiger partial charge in [0.1, 0.15) is 5.82 Å². The lowest BCUT2D eigenvalue weighted by Crippen LogP contribution is -2.36. The Balaban J connectivity index is 1.41. The number of pyridine rings is 1. The molecule has 3 aliphatic rings. The summed E-state index contributed by atoms with van der Waals surface area (Å²) in [5.41, 5.74) is 1.19. The third-order valence-corrected chi connectivity index (χ3v) is 4.68. The molecule has 2 heterocycles. The Bertz CT molecular complexity index is 435. The van der Waals surface area contributed by atoms with Crippen LogP contribution in [0.25, 0.3) is 0 Å². The highest BCUT2D eigenvalue weighted by atomic mass is 16.5. The van der Waals surface area contributed by atoms with E-state index >= 15 is 0 Å². The molecule has 0 spiro atoms. The normalized spacial score (nSPS) is 23.1. The molecule has 20 heavy (non-hydrogen) atoms. The molecule has 2 saturated carbocycles. The Morgan fingerprint density at radius 2 is 1.80 bits per heavy atom. The SMILES string of the molecule is c1cc(N2CCOCC2)ncc1NC(C1CC1)C1CC1. The van der Waals surface area contributed by atoms with E-state index in [1.54, 1.807) is 0 Å². The fourth-order valence-electron chi connectivity index (χ4n) is 3.17. The number of nitrogens with zero attached hydrogens (tertiary/aromatic N) is 2. The Morgan fingerprint density at radius 1 is 1.10 bits per heavy atom. The van der Waals surface area contributed by atoms with Crippen LogP contribution in [-0.4, -0.2) is 37.3 Å². The van der Waals surface area contributed by atoms with Crippen LogP contribution >= 0.6 is 0 Å². The van der Waals surface area contributed by atoms with Gasteiger partial charge in [0.05, 0.1) is 25.1 Å². The van der Waals surface area contributed by atoms with E-state index in [4.69, 9.17) is 4.74 Å². The van der Waals surface area contributed by atoms with Crippen molar-refractivity contribution in [2.45, 2.75) is 31.7 Å². The van der Waals surface area contributed by atoms with Gasteiger partial charge in [-0.2, -0.15) is 0 Å². The minimum Gasteiger partial charge on any atom is -0.381 e. The number of hydrogen-bond donors (Lipinski definition) is 1. The molecule has 0 unspecified atom stereocenters. The van der Waals surface area contributed by atoms with E-state index in [0.717, 1.165) is 44.0 Å². The predicted octanol–water partition coefficient (Wildman–Crippen LogP) is 2.52. The molecule has 1 aliphatic heterocycles. The molecule has 4 rings (SSSR count). The van der Waals surface area contributed by atoms with E-state index in [1.165, 1.54) is 31.4 Å². The summed E-state index contributed by atoms with van der Waals surface area (Å²) in [6, 6.07) is 5.03. The number of nitrogens with one attached hydrogen (secondary N) is 1. The topological polar surface area (TPSA) is 37.4 Å². The average molecular weight is 273 g/mol. The van der Waals surface area contributed by atoms with Gasteiger partial charge in [-0.15, -0.1) is 0 Å². The number of rotatable bonds is 5. The van der Waals surface area contributed by atoms with Crippen LogP contribution in [0.15, 0.2) is 18.3 Å². The molecule has 1 N–H and O–H groups in total. The smallest absolute Gasteiger partial charge is 0.128 e. The molecule has 2 aliphatic carbocycles. The van der Waals surface area contributed by atoms with Crippen molar-refractivity contribution < 1.29 is 4.74 Å². The van der Waals surface area contributed by atoms with Crippen LogP contribution < -0.4 is 10.2 Å². The van der Waals surface area contributed by atoms with Gasteiger partial charge in [-0.05, 0) is 49.7 Å². The summed E-state index contributed by atoms with van der Waals surface area (Å²) >= 11 is 0. The standard InChI is InChI=1S/C16H23N3O/c1-2-12(1)16(13-3-4-13)18-14-5-6-15(17-11-14)19-7-9-20-10-8-19/h5-6,11-13,16,18H,1-4,7-10H2. The van der Waals surface area contributed by atoms with Crippen LogP contribution in [0.5, 0.6) is 0 Å². The van der Waals surface area contributed by atoms with Gasteiger partial charge in [0.25, 0.3) is 0 Å².